The molecule has 3 nitrogen and oxygen atoms in total. The number of H-pyrrole nitrogens is 1. The van der Waals surface area contributed by atoms with Crippen LogP contribution in [0, 0.1) is 0 Å². The Balaban J connectivity index is 0.000000720. The summed E-state index contributed by atoms with van der Waals surface area (Å²) in [6.07, 6.45) is 7.53. The van der Waals surface area contributed by atoms with Gasteiger partial charge in [0.2, 0.25) is 0 Å². The molecule has 0 saturated carbocycles. The first-order valence-electron chi connectivity index (χ1n) is 4.18. The van der Waals surface area contributed by atoms with E-state index in [0.717, 1.165) is 6.54 Å². The van der Waals surface area contributed by atoms with Crippen molar-refractivity contribution in [1.82, 2.24) is 15.3 Å². The minimum Gasteiger partial charge on any atom is -0.347 e. The van der Waals surface area contributed by atoms with Crippen LogP contribution in [0.15, 0.2) is 12.5 Å². The van der Waals surface area contributed by atoms with Crippen LogP contribution in [0.3, 0.4) is 0 Å². The zero-order chi connectivity index (χ0) is 7.52. The highest BCUT2D eigenvalue weighted by atomic mass is 35.5. The molecule has 2 rings (SSSR count). The number of hydrogen-bond acceptors (Lipinski definition) is 2. The summed E-state index contributed by atoms with van der Waals surface area (Å²) >= 11 is 0. The van der Waals surface area contributed by atoms with Crippen molar-refractivity contribution in [1.29, 1.82) is 0 Å². The molecule has 1 saturated heterocycles. The van der Waals surface area contributed by atoms with Crippen LogP contribution in [0.2, 0.25) is 0 Å². The van der Waals surface area contributed by atoms with Crippen LogP contribution >= 0.6 is 24.8 Å². The molecule has 1 atom stereocenters. The first-order chi connectivity index (χ1) is 5.47. The molecule has 5 heteroatoms. The Labute approximate surface area is 90.5 Å². The van der Waals surface area contributed by atoms with E-state index in [-0.39, 0.29) is 24.8 Å². The van der Waals surface area contributed by atoms with Crippen molar-refractivity contribution in [2.75, 3.05) is 6.54 Å². The first kappa shape index (κ1) is 12.8. The second-order valence-electron chi connectivity index (χ2n) is 3.01. The molecule has 1 fully saturated rings. The third-order valence-electron chi connectivity index (χ3n) is 2.21. The van der Waals surface area contributed by atoms with E-state index >= 15 is 0 Å². The topological polar surface area (TPSA) is 40.7 Å². The highest BCUT2D eigenvalue weighted by Gasteiger charge is 2.14. The molecule has 0 amide bonds. The van der Waals surface area contributed by atoms with Crippen LogP contribution < -0.4 is 5.32 Å². The van der Waals surface area contributed by atoms with Crippen LogP contribution in [0.25, 0.3) is 0 Å². The maximum Gasteiger partial charge on any atom is 0.0922 e. The van der Waals surface area contributed by atoms with E-state index in [1.165, 1.54) is 25.0 Å². The number of nitrogens with zero attached hydrogens (tertiary/aromatic N) is 1. The molecular formula is C8H15Cl2N3. The maximum atomic E-state index is 4.00. The SMILES string of the molecule is Cl.Cl.c1ncc([C@@H]2CCCCN2)[nH]1. The van der Waals surface area contributed by atoms with Crippen LogP contribution in [0.4, 0.5) is 0 Å². The number of halogens is 2. The first-order valence-corrected chi connectivity index (χ1v) is 4.18. The van der Waals surface area contributed by atoms with E-state index < -0.39 is 0 Å². The molecule has 1 aromatic rings. The highest BCUT2D eigenvalue weighted by Crippen LogP contribution is 2.19. The monoisotopic (exact) mass is 223 g/mol. The predicted octanol–water partition coefficient (Wildman–Crippen LogP) is 2.07. The smallest absolute Gasteiger partial charge is 0.0922 e. The van der Waals surface area contributed by atoms with Gasteiger partial charge in [-0.15, -0.1) is 24.8 Å². The molecule has 0 radical (unpaired) electrons. The van der Waals surface area contributed by atoms with E-state index in [9.17, 15) is 0 Å². The lowest BCUT2D eigenvalue weighted by molar-refractivity contribution is 0.406. The number of rotatable bonds is 1. The number of aromatic nitrogens is 2. The Bertz CT molecular complexity index is 207. The second kappa shape index (κ2) is 6.24. The fourth-order valence-electron chi connectivity index (χ4n) is 1.57. The molecule has 0 spiro atoms. The zero-order valence-electron chi connectivity index (χ0n) is 7.32. The van der Waals surface area contributed by atoms with Gasteiger partial charge in [-0.2, -0.15) is 0 Å². The third kappa shape index (κ3) is 3.18. The van der Waals surface area contributed by atoms with Gasteiger partial charge >= 0.3 is 0 Å². The standard InChI is InChI=1S/C8H13N3.2ClH/c1-2-4-10-7(3-1)8-5-9-6-11-8;;/h5-7,10H,1-4H2,(H,9,11);2*1H/t7-;;/m0../s1. The fourth-order valence-corrected chi connectivity index (χ4v) is 1.57. The molecule has 0 bridgehead atoms. The van der Waals surface area contributed by atoms with Crippen molar-refractivity contribution in [2.24, 2.45) is 0 Å². The summed E-state index contributed by atoms with van der Waals surface area (Å²) in [5.41, 5.74) is 1.23. The van der Waals surface area contributed by atoms with Crippen molar-refractivity contribution in [3.8, 4) is 0 Å². The Kier molecular flexibility index (Phi) is 6.12. The van der Waals surface area contributed by atoms with E-state index in [1.807, 2.05) is 6.20 Å². The number of aromatic amines is 1. The average Bonchev–Trinajstić information content (AvgIpc) is 2.58. The van der Waals surface area contributed by atoms with E-state index in [1.54, 1.807) is 6.33 Å². The van der Waals surface area contributed by atoms with Gasteiger partial charge in [-0.3, -0.25) is 0 Å². The predicted molar refractivity (Wildman–Crippen MR) is 57.7 cm³/mol. The van der Waals surface area contributed by atoms with Crippen LogP contribution in [0.1, 0.15) is 31.0 Å². The van der Waals surface area contributed by atoms with E-state index in [4.69, 9.17) is 0 Å². The molecule has 0 unspecified atom stereocenters. The molecule has 13 heavy (non-hydrogen) atoms. The van der Waals surface area contributed by atoms with Gasteiger partial charge in [-0.05, 0) is 19.4 Å². The largest absolute Gasteiger partial charge is 0.347 e. The van der Waals surface area contributed by atoms with Gasteiger partial charge < -0.3 is 10.3 Å². The van der Waals surface area contributed by atoms with Crippen molar-refractivity contribution >= 4 is 24.8 Å². The van der Waals surface area contributed by atoms with Gasteiger partial charge in [0.1, 0.15) is 0 Å². The minimum absolute atomic E-state index is 0. The second-order valence-corrected chi connectivity index (χ2v) is 3.01. The van der Waals surface area contributed by atoms with Gasteiger partial charge in [-0.25, -0.2) is 4.98 Å². The van der Waals surface area contributed by atoms with Crippen molar-refractivity contribution in [3.05, 3.63) is 18.2 Å². The molecule has 76 valence electrons. The van der Waals surface area contributed by atoms with Crippen molar-refractivity contribution < 1.29 is 0 Å². The van der Waals surface area contributed by atoms with Crippen molar-refractivity contribution in [2.45, 2.75) is 25.3 Å². The summed E-state index contributed by atoms with van der Waals surface area (Å²) in [4.78, 5) is 7.14. The van der Waals surface area contributed by atoms with Crippen molar-refractivity contribution in [3.63, 3.8) is 0 Å². The average molecular weight is 224 g/mol. The number of nitrogens with one attached hydrogen (secondary N) is 2. The lowest BCUT2D eigenvalue weighted by Gasteiger charge is -2.21. The Morgan fingerprint density at radius 3 is 2.69 bits per heavy atom. The highest BCUT2D eigenvalue weighted by molar-refractivity contribution is 5.85. The Morgan fingerprint density at radius 1 is 1.31 bits per heavy atom. The molecule has 2 N–H and O–H groups in total. The van der Waals surface area contributed by atoms with Gasteiger partial charge in [0.25, 0.3) is 0 Å². The minimum atomic E-state index is 0. The normalized spacial score (nSPS) is 21.4. The molecule has 1 aliphatic heterocycles. The third-order valence-corrected chi connectivity index (χ3v) is 2.21. The zero-order valence-corrected chi connectivity index (χ0v) is 8.96. The Morgan fingerprint density at radius 2 is 2.15 bits per heavy atom. The summed E-state index contributed by atoms with van der Waals surface area (Å²) in [5, 5.41) is 3.45. The van der Waals surface area contributed by atoms with Gasteiger partial charge in [0.15, 0.2) is 0 Å². The van der Waals surface area contributed by atoms with Gasteiger partial charge in [0.05, 0.1) is 12.0 Å². The lowest BCUT2D eigenvalue weighted by atomic mass is 10.0. The fraction of sp³-hybridized carbons (Fsp3) is 0.625. The summed E-state index contributed by atoms with van der Waals surface area (Å²) < 4.78 is 0. The molecule has 1 aliphatic rings. The quantitative estimate of drug-likeness (QED) is 0.766. The molecular weight excluding hydrogens is 209 g/mol. The summed E-state index contributed by atoms with van der Waals surface area (Å²) in [5.74, 6) is 0. The van der Waals surface area contributed by atoms with Crippen LogP contribution in [-0.2, 0) is 0 Å². The summed E-state index contributed by atoms with van der Waals surface area (Å²) in [6.45, 7) is 1.14. The van der Waals surface area contributed by atoms with Crippen LogP contribution in [0.5, 0.6) is 0 Å². The van der Waals surface area contributed by atoms with E-state index in [2.05, 4.69) is 15.3 Å². The van der Waals surface area contributed by atoms with E-state index in [0.29, 0.717) is 6.04 Å². The van der Waals surface area contributed by atoms with Gasteiger partial charge in [-0.1, -0.05) is 6.42 Å². The van der Waals surface area contributed by atoms with Gasteiger partial charge in [0, 0.05) is 12.2 Å². The Hall–Kier alpha value is -0.250. The molecule has 1 aromatic heterocycles. The number of hydrogen-bond donors (Lipinski definition) is 2. The summed E-state index contributed by atoms with van der Waals surface area (Å²) in [7, 11) is 0. The molecule has 0 aliphatic carbocycles. The number of imidazole rings is 1. The lowest BCUT2D eigenvalue weighted by Crippen LogP contribution is -2.26. The molecule has 0 aromatic carbocycles. The molecule has 2 heterocycles. The number of piperidine rings is 1. The summed E-state index contributed by atoms with van der Waals surface area (Å²) in [6, 6.07) is 0.520. The maximum absolute atomic E-state index is 4.00. The van der Waals surface area contributed by atoms with Crippen LogP contribution in [-0.4, -0.2) is 16.5 Å².